The summed E-state index contributed by atoms with van der Waals surface area (Å²) < 4.78 is 0. The van der Waals surface area contributed by atoms with E-state index in [1.165, 1.54) is 11.3 Å². The first kappa shape index (κ1) is 20.5. The van der Waals surface area contributed by atoms with Gasteiger partial charge in [0.1, 0.15) is 11.0 Å². The summed E-state index contributed by atoms with van der Waals surface area (Å²) in [5, 5.41) is 12.7. The molecule has 0 radical (unpaired) electrons. The predicted molar refractivity (Wildman–Crippen MR) is 118 cm³/mol. The van der Waals surface area contributed by atoms with Gasteiger partial charge in [0.25, 0.3) is 0 Å². The molecule has 1 saturated heterocycles. The second-order valence-electron chi connectivity index (χ2n) is 7.14. The summed E-state index contributed by atoms with van der Waals surface area (Å²) in [5.74, 6) is -0.206. The highest BCUT2D eigenvalue weighted by Gasteiger charge is 2.34. The first-order valence-corrected chi connectivity index (χ1v) is 11.0. The van der Waals surface area contributed by atoms with Crippen LogP contribution in [0.15, 0.2) is 54.6 Å². The van der Waals surface area contributed by atoms with Gasteiger partial charge in [0.15, 0.2) is 0 Å². The van der Waals surface area contributed by atoms with Crippen LogP contribution in [0.25, 0.3) is 10.6 Å². The van der Waals surface area contributed by atoms with Crippen molar-refractivity contribution >= 4 is 39.9 Å². The Bertz CT molecular complexity index is 1040. The lowest BCUT2D eigenvalue weighted by Gasteiger charge is -2.23. The van der Waals surface area contributed by atoms with E-state index in [4.69, 9.17) is 11.6 Å². The number of carbonyl (C=O) groups excluding carboxylic acids is 2. The summed E-state index contributed by atoms with van der Waals surface area (Å²) in [6.07, 6.45) is 2.54. The molecule has 6 nitrogen and oxygen atoms in total. The van der Waals surface area contributed by atoms with E-state index in [0.717, 1.165) is 17.5 Å². The molecule has 1 unspecified atom stereocenters. The quantitative estimate of drug-likeness (QED) is 0.615. The molecule has 1 N–H and O–H groups in total. The molecule has 0 saturated carbocycles. The van der Waals surface area contributed by atoms with Gasteiger partial charge in [-0.1, -0.05) is 65.4 Å². The zero-order chi connectivity index (χ0) is 20.9. The molecule has 30 heavy (non-hydrogen) atoms. The Morgan fingerprint density at radius 3 is 2.77 bits per heavy atom. The van der Waals surface area contributed by atoms with Crippen molar-refractivity contribution in [1.82, 2.24) is 15.1 Å². The van der Waals surface area contributed by atoms with Gasteiger partial charge in [0.2, 0.25) is 16.9 Å². The smallest absolute Gasteiger partial charge is 0.249 e. The monoisotopic (exact) mass is 440 g/mol. The van der Waals surface area contributed by atoms with Crippen molar-refractivity contribution in [2.75, 3.05) is 11.9 Å². The molecule has 154 valence electrons. The normalized spacial score (nSPS) is 15.9. The van der Waals surface area contributed by atoms with E-state index >= 15 is 0 Å². The van der Waals surface area contributed by atoms with Crippen LogP contribution in [0.2, 0.25) is 5.02 Å². The summed E-state index contributed by atoms with van der Waals surface area (Å²) in [7, 11) is 0. The predicted octanol–water partition coefficient (Wildman–Crippen LogP) is 4.42. The Hall–Kier alpha value is -2.77. The second kappa shape index (κ2) is 9.36. The number of amides is 2. The standard InChI is InChI=1S/C22H21ClN4O2S/c23-17-9-4-8-16(14-17)21-25-26-22(30-21)24-20(29)18-10-5-13-27(18)19(28)12-11-15-6-2-1-3-7-15/h1-4,6-9,14,18H,5,10-13H2,(H,24,26,29). The minimum atomic E-state index is -0.466. The number of likely N-dealkylation sites (tertiary alicyclic amines) is 1. The Morgan fingerprint density at radius 2 is 1.97 bits per heavy atom. The molecule has 1 aromatic heterocycles. The van der Waals surface area contributed by atoms with Crippen LogP contribution in [0.1, 0.15) is 24.8 Å². The van der Waals surface area contributed by atoms with Gasteiger partial charge in [-0.15, -0.1) is 10.2 Å². The number of rotatable bonds is 6. The van der Waals surface area contributed by atoms with E-state index < -0.39 is 6.04 Å². The Kier molecular flexibility index (Phi) is 6.40. The minimum Gasteiger partial charge on any atom is -0.331 e. The minimum absolute atomic E-state index is 0.00776. The molecule has 4 rings (SSSR count). The van der Waals surface area contributed by atoms with E-state index in [-0.39, 0.29) is 11.8 Å². The fourth-order valence-corrected chi connectivity index (χ4v) is 4.51. The van der Waals surface area contributed by atoms with Gasteiger partial charge >= 0.3 is 0 Å². The van der Waals surface area contributed by atoms with E-state index in [9.17, 15) is 9.59 Å². The topological polar surface area (TPSA) is 75.2 Å². The highest BCUT2D eigenvalue weighted by molar-refractivity contribution is 7.18. The van der Waals surface area contributed by atoms with Gasteiger partial charge in [-0.25, -0.2) is 0 Å². The molecular weight excluding hydrogens is 420 g/mol. The number of hydrogen-bond acceptors (Lipinski definition) is 5. The summed E-state index contributed by atoms with van der Waals surface area (Å²) in [6, 6.07) is 16.8. The maximum absolute atomic E-state index is 12.8. The average molecular weight is 441 g/mol. The van der Waals surface area contributed by atoms with Crippen LogP contribution in [0.3, 0.4) is 0 Å². The van der Waals surface area contributed by atoms with Gasteiger partial charge in [-0.2, -0.15) is 0 Å². The van der Waals surface area contributed by atoms with Crippen LogP contribution in [0.5, 0.6) is 0 Å². The zero-order valence-corrected chi connectivity index (χ0v) is 17.8. The van der Waals surface area contributed by atoms with Gasteiger partial charge in [0.05, 0.1) is 0 Å². The molecule has 0 spiro atoms. The van der Waals surface area contributed by atoms with Gasteiger partial charge in [-0.05, 0) is 37.0 Å². The lowest BCUT2D eigenvalue weighted by Crippen LogP contribution is -2.43. The maximum Gasteiger partial charge on any atom is 0.249 e. The molecular formula is C22H21ClN4O2S. The fraction of sp³-hybridized carbons (Fsp3) is 0.273. The number of nitrogens with one attached hydrogen (secondary N) is 1. The SMILES string of the molecule is O=C(Nc1nnc(-c2cccc(Cl)c2)s1)C1CCCN1C(=O)CCc1ccccc1. The van der Waals surface area contributed by atoms with Gasteiger partial charge in [0, 0.05) is 23.6 Å². The number of aromatic nitrogens is 2. The first-order valence-electron chi connectivity index (χ1n) is 9.84. The molecule has 2 amide bonds. The van der Waals surface area contributed by atoms with Crippen LogP contribution in [0.4, 0.5) is 5.13 Å². The van der Waals surface area contributed by atoms with Crippen LogP contribution in [-0.4, -0.2) is 39.5 Å². The molecule has 0 bridgehead atoms. The van der Waals surface area contributed by atoms with Crippen LogP contribution < -0.4 is 5.32 Å². The second-order valence-corrected chi connectivity index (χ2v) is 8.56. The summed E-state index contributed by atoms with van der Waals surface area (Å²) in [5.41, 5.74) is 1.97. The molecule has 1 aliphatic rings. The number of hydrogen-bond donors (Lipinski definition) is 1. The lowest BCUT2D eigenvalue weighted by atomic mass is 10.1. The highest BCUT2D eigenvalue weighted by Crippen LogP contribution is 2.29. The van der Waals surface area contributed by atoms with Crippen molar-refractivity contribution in [3.8, 4) is 10.6 Å². The fourth-order valence-electron chi connectivity index (χ4n) is 3.58. The summed E-state index contributed by atoms with van der Waals surface area (Å²) in [4.78, 5) is 27.2. The van der Waals surface area contributed by atoms with E-state index in [1.54, 1.807) is 17.0 Å². The Balaban J connectivity index is 1.37. The molecule has 2 aromatic carbocycles. The summed E-state index contributed by atoms with van der Waals surface area (Å²) in [6.45, 7) is 0.607. The first-order chi connectivity index (χ1) is 14.6. The van der Waals surface area contributed by atoms with E-state index in [0.29, 0.717) is 41.0 Å². The summed E-state index contributed by atoms with van der Waals surface area (Å²) >= 11 is 7.31. The Morgan fingerprint density at radius 1 is 1.13 bits per heavy atom. The number of halogens is 1. The molecule has 0 aliphatic carbocycles. The van der Waals surface area contributed by atoms with Crippen molar-refractivity contribution in [2.45, 2.75) is 31.7 Å². The average Bonchev–Trinajstić information content (AvgIpc) is 3.43. The Labute approximate surface area is 183 Å². The number of anilines is 1. The lowest BCUT2D eigenvalue weighted by molar-refractivity contribution is -0.136. The van der Waals surface area contributed by atoms with Crippen LogP contribution in [0, 0.1) is 0 Å². The zero-order valence-electron chi connectivity index (χ0n) is 16.3. The number of carbonyl (C=O) groups is 2. The molecule has 1 fully saturated rings. The molecule has 8 heteroatoms. The van der Waals surface area contributed by atoms with Crippen LogP contribution >= 0.6 is 22.9 Å². The maximum atomic E-state index is 12.8. The van der Waals surface area contributed by atoms with Gasteiger partial charge < -0.3 is 4.90 Å². The van der Waals surface area contributed by atoms with E-state index in [2.05, 4.69) is 15.5 Å². The molecule has 3 aromatic rings. The van der Waals surface area contributed by atoms with Crippen molar-refractivity contribution < 1.29 is 9.59 Å². The number of benzene rings is 2. The third-order valence-corrected chi connectivity index (χ3v) is 6.20. The molecule has 2 heterocycles. The van der Waals surface area contributed by atoms with Crippen LogP contribution in [-0.2, 0) is 16.0 Å². The largest absolute Gasteiger partial charge is 0.331 e. The van der Waals surface area contributed by atoms with Crippen molar-refractivity contribution in [2.24, 2.45) is 0 Å². The van der Waals surface area contributed by atoms with Crippen molar-refractivity contribution in [3.05, 3.63) is 65.2 Å². The van der Waals surface area contributed by atoms with E-state index in [1.807, 2.05) is 42.5 Å². The third kappa shape index (κ3) is 4.86. The van der Waals surface area contributed by atoms with Crippen molar-refractivity contribution in [3.63, 3.8) is 0 Å². The molecule has 1 atom stereocenters. The number of nitrogens with zero attached hydrogens (tertiary/aromatic N) is 3. The number of aryl methyl sites for hydroxylation is 1. The van der Waals surface area contributed by atoms with Crippen molar-refractivity contribution in [1.29, 1.82) is 0 Å². The van der Waals surface area contributed by atoms with Gasteiger partial charge in [-0.3, -0.25) is 14.9 Å². The third-order valence-electron chi connectivity index (χ3n) is 5.07. The molecule has 1 aliphatic heterocycles. The highest BCUT2D eigenvalue weighted by atomic mass is 35.5.